The number of nitrogens with one attached hydrogen (secondary N) is 3. The summed E-state index contributed by atoms with van der Waals surface area (Å²) in [4.78, 5) is 33.2. The molecule has 2 amide bonds. The zero-order chi connectivity index (χ0) is 20.1. The van der Waals surface area contributed by atoms with Crippen LogP contribution >= 0.6 is 0 Å². The summed E-state index contributed by atoms with van der Waals surface area (Å²) < 4.78 is 5.15. The van der Waals surface area contributed by atoms with Crippen molar-refractivity contribution in [3.05, 3.63) is 30.6 Å². The first-order chi connectivity index (χ1) is 13.3. The van der Waals surface area contributed by atoms with Gasteiger partial charge in [0.1, 0.15) is 11.3 Å². The number of anilines is 1. The van der Waals surface area contributed by atoms with Gasteiger partial charge in [-0.3, -0.25) is 14.9 Å². The maximum atomic E-state index is 12.3. The number of pyridine rings is 1. The molecular formula is C18H22N6O4. The fourth-order valence-electron chi connectivity index (χ4n) is 2.44. The quantitative estimate of drug-likeness (QED) is 0.721. The minimum absolute atomic E-state index is 0.184. The molecule has 1 aliphatic rings. The number of nitrogens with zero attached hydrogens (tertiary/aromatic N) is 3. The predicted molar refractivity (Wildman–Crippen MR) is 102 cm³/mol. The van der Waals surface area contributed by atoms with Crippen molar-refractivity contribution in [1.29, 1.82) is 0 Å². The average Bonchev–Trinajstić information content (AvgIpc) is 3.29. The molecule has 0 aliphatic carbocycles. The van der Waals surface area contributed by atoms with Crippen LogP contribution in [0.15, 0.2) is 35.7 Å². The van der Waals surface area contributed by atoms with Crippen molar-refractivity contribution in [2.24, 2.45) is 5.16 Å². The molecule has 0 unspecified atom stereocenters. The SMILES string of the molecule is CC(C)(C)OC(=O)NC[C@H]1CC(C(=O)Nc2cc(-c3ccncc3)[nH]n2)=NO1. The first kappa shape index (κ1) is 19.3. The Morgan fingerprint density at radius 2 is 2.07 bits per heavy atom. The third kappa shape index (κ3) is 5.29. The molecule has 2 aromatic rings. The third-order valence-corrected chi connectivity index (χ3v) is 3.68. The van der Waals surface area contributed by atoms with Gasteiger partial charge in [0.25, 0.3) is 5.91 Å². The van der Waals surface area contributed by atoms with Crippen molar-refractivity contribution in [2.45, 2.75) is 38.9 Å². The predicted octanol–water partition coefficient (Wildman–Crippen LogP) is 2.08. The maximum Gasteiger partial charge on any atom is 0.407 e. The largest absolute Gasteiger partial charge is 0.444 e. The van der Waals surface area contributed by atoms with E-state index in [4.69, 9.17) is 9.57 Å². The second kappa shape index (κ2) is 8.07. The molecule has 3 heterocycles. The van der Waals surface area contributed by atoms with Crippen molar-refractivity contribution in [2.75, 3.05) is 11.9 Å². The van der Waals surface area contributed by atoms with Gasteiger partial charge in [-0.05, 0) is 32.9 Å². The smallest absolute Gasteiger partial charge is 0.407 e. The number of carbonyl (C=O) groups is 2. The van der Waals surface area contributed by atoms with Gasteiger partial charge in [-0.25, -0.2) is 4.79 Å². The summed E-state index contributed by atoms with van der Waals surface area (Å²) >= 11 is 0. The number of oxime groups is 1. The molecule has 0 spiro atoms. The van der Waals surface area contributed by atoms with Crippen LogP contribution in [0.1, 0.15) is 27.2 Å². The summed E-state index contributed by atoms with van der Waals surface area (Å²) in [7, 11) is 0. The molecule has 0 aromatic carbocycles. The Balaban J connectivity index is 1.47. The molecule has 10 heteroatoms. The van der Waals surface area contributed by atoms with Crippen LogP contribution in [-0.2, 0) is 14.4 Å². The first-order valence-corrected chi connectivity index (χ1v) is 8.77. The number of amides is 2. The Bertz CT molecular complexity index is 872. The summed E-state index contributed by atoms with van der Waals surface area (Å²) in [6.45, 7) is 5.52. The number of aromatic amines is 1. The average molecular weight is 386 g/mol. The molecule has 0 bridgehead atoms. The van der Waals surface area contributed by atoms with Crippen LogP contribution in [0, 0.1) is 0 Å². The molecule has 3 rings (SSSR count). The topological polar surface area (TPSA) is 131 Å². The zero-order valence-corrected chi connectivity index (χ0v) is 15.9. The molecule has 0 saturated carbocycles. The van der Waals surface area contributed by atoms with Crippen LogP contribution in [0.4, 0.5) is 10.6 Å². The number of H-pyrrole nitrogens is 1. The van der Waals surface area contributed by atoms with Gasteiger partial charge in [0.05, 0.1) is 12.2 Å². The highest BCUT2D eigenvalue weighted by molar-refractivity contribution is 6.43. The fourth-order valence-corrected chi connectivity index (χ4v) is 2.44. The van der Waals surface area contributed by atoms with Crippen LogP contribution in [0.5, 0.6) is 0 Å². The van der Waals surface area contributed by atoms with Crippen molar-refractivity contribution >= 4 is 23.5 Å². The van der Waals surface area contributed by atoms with Gasteiger partial charge < -0.3 is 20.2 Å². The lowest BCUT2D eigenvalue weighted by Crippen LogP contribution is -2.37. The van der Waals surface area contributed by atoms with E-state index in [1.807, 2.05) is 12.1 Å². The number of hydrogen-bond acceptors (Lipinski definition) is 7. The molecule has 0 saturated heterocycles. The van der Waals surface area contributed by atoms with Gasteiger partial charge in [-0.2, -0.15) is 5.10 Å². The van der Waals surface area contributed by atoms with Crippen molar-refractivity contribution in [1.82, 2.24) is 20.5 Å². The Labute approximate surface area is 161 Å². The van der Waals surface area contributed by atoms with Gasteiger partial charge in [0.2, 0.25) is 0 Å². The Kier molecular flexibility index (Phi) is 5.57. The Morgan fingerprint density at radius 1 is 1.32 bits per heavy atom. The minimum atomic E-state index is -0.583. The molecule has 10 nitrogen and oxygen atoms in total. The van der Waals surface area contributed by atoms with Crippen LogP contribution in [0.2, 0.25) is 0 Å². The first-order valence-electron chi connectivity index (χ1n) is 8.77. The van der Waals surface area contributed by atoms with Crippen LogP contribution < -0.4 is 10.6 Å². The minimum Gasteiger partial charge on any atom is -0.444 e. The van der Waals surface area contributed by atoms with E-state index in [1.165, 1.54) is 0 Å². The Morgan fingerprint density at radius 3 is 2.79 bits per heavy atom. The molecule has 28 heavy (non-hydrogen) atoms. The molecular weight excluding hydrogens is 364 g/mol. The highest BCUT2D eigenvalue weighted by Gasteiger charge is 2.27. The van der Waals surface area contributed by atoms with E-state index in [0.717, 1.165) is 11.3 Å². The van der Waals surface area contributed by atoms with E-state index in [1.54, 1.807) is 39.2 Å². The van der Waals surface area contributed by atoms with E-state index < -0.39 is 23.7 Å². The molecule has 1 aliphatic heterocycles. The molecule has 1 atom stereocenters. The Hall–Kier alpha value is -3.43. The second-order valence-corrected chi connectivity index (χ2v) is 7.21. The number of aromatic nitrogens is 3. The lowest BCUT2D eigenvalue weighted by molar-refractivity contribution is -0.110. The molecule has 2 aromatic heterocycles. The van der Waals surface area contributed by atoms with E-state index >= 15 is 0 Å². The number of alkyl carbamates (subject to hydrolysis) is 1. The van der Waals surface area contributed by atoms with E-state index in [0.29, 0.717) is 5.82 Å². The highest BCUT2D eigenvalue weighted by atomic mass is 16.6. The van der Waals surface area contributed by atoms with E-state index in [9.17, 15) is 9.59 Å². The summed E-state index contributed by atoms with van der Waals surface area (Å²) in [5.74, 6) is -0.0395. The number of ether oxygens (including phenoxy) is 1. The maximum absolute atomic E-state index is 12.3. The van der Waals surface area contributed by atoms with Gasteiger partial charge >= 0.3 is 6.09 Å². The van der Waals surface area contributed by atoms with Crippen LogP contribution in [-0.4, -0.2) is 51.1 Å². The van der Waals surface area contributed by atoms with Crippen LogP contribution in [0.25, 0.3) is 11.3 Å². The third-order valence-electron chi connectivity index (χ3n) is 3.68. The normalized spacial score (nSPS) is 16.1. The monoisotopic (exact) mass is 386 g/mol. The molecule has 148 valence electrons. The lowest BCUT2D eigenvalue weighted by atomic mass is 10.1. The molecule has 0 fully saturated rings. The summed E-state index contributed by atoms with van der Waals surface area (Å²) in [6, 6.07) is 5.37. The summed E-state index contributed by atoms with van der Waals surface area (Å²) in [5, 5.41) is 16.0. The zero-order valence-electron chi connectivity index (χ0n) is 15.9. The van der Waals surface area contributed by atoms with Crippen LogP contribution in [0.3, 0.4) is 0 Å². The van der Waals surface area contributed by atoms with Gasteiger partial charge in [-0.1, -0.05) is 5.16 Å². The van der Waals surface area contributed by atoms with Gasteiger partial charge in [-0.15, -0.1) is 0 Å². The van der Waals surface area contributed by atoms with Crippen molar-refractivity contribution in [3.8, 4) is 11.3 Å². The number of hydrogen-bond donors (Lipinski definition) is 3. The number of carbonyl (C=O) groups excluding carboxylic acids is 2. The standard InChI is InChI=1S/C18H22N6O4/c1-18(2,3)27-17(26)20-10-12-8-14(24-28-12)16(25)21-15-9-13(22-23-15)11-4-6-19-7-5-11/h4-7,9,12H,8,10H2,1-3H3,(H,20,26)(H2,21,22,23,25)/t12-/m1/s1. The number of rotatable bonds is 5. The summed E-state index contributed by atoms with van der Waals surface area (Å²) in [6.07, 6.45) is 2.63. The lowest BCUT2D eigenvalue weighted by Gasteiger charge is -2.20. The fraction of sp³-hybridized carbons (Fsp3) is 0.389. The molecule has 0 radical (unpaired) electrons. The van der Waals surface area contributed by atoms with E-state index in [2.05, 4.69) is 31.0 Å². The summed E-state index contributed by atoms with van der Waals surface area (Å²) in [5.41, 5.74) is 1.30. The second-order valence-electron chi connectivity index (χ2n) is 7.21. The molecule has 3 N–H and O–H groups in total. The van der Waals surface area contributed by atoms with E-state index in [-0.39, 0.29) is 18.7 Å². The van der Waals surface area contributed by atoms with Crippen molar-refractivity contribution in [3.63, 3.8) is 0 Å². The highest BCUT2D eigenvalue weighted by Crippen LogP contribution is 2.19. The van der Waals surface area contributed by atoms with Crippen molar-refractivity contribution < 1.29 is 19.2 Å². The van der Waals surface area contributed by atoms with Gasteiger partial charge in [0, 0.05) is 30.4 Å². The van der Waals surface area contributed by atoms with Gasteiger partial charge in [0.15, 0.2) is 11.9 Å².